The van der Waals surface area contributed by atoms with Gasteiger partial charge in [-0.15, -0.1) is 0 Å². The van der Waals surface area contributed by atoms with Crippen LogP contribution in [-0.4, -0.2) is 70.0 Å². The van der Waals surface area contributed by atoms with Crippen LogP contribution in [0.15, 0.2) is 97.6 Å². The second-order valence-corrected chi connectivity index (χ2v) is 10.7. The monoisotopic (exact) mass is 622 g/mol. The van der Waals surface area contributed by atoms with Gasteiger partial charge in [-0.05, 0) is 53.9 Å². The van der Waals surface area contributed by atoms with Crippen LogP contribution in [0.1, 0.15) is 50.7 Å². The number of benzene rings is 2. The van der Waals surface area contributed by atoms with Gasteiger partial charge in [0.05, 0.1) is 29.4 Å². The normalized spacial score (nSPS) is 13.7. The number of hydrogen-bond acceptors (Lipinski definition) is 8. The van der Waals surface area contributed by atoms with Crippen LogP contribution in [-0.2, 0) is 16.1 Å². The molecule has 3 heterocycles. The molecule has 5 rings (SSSR count). The molecule has 1 unspecified atom stereocenters. The average molecular weight is 623 g/mol. The van der Waals surface area contributed by atoms with Crippen LogP contribution >= 0.6 is 0 Å². The molecular formula is C34H34N6O6. The van der Waals surface area contributed by atoms with E-state index in [-0.39, 0.29) is 24.5 Å². The van der Waals surface area contributed by atoms with Gasteiger partial charge in [-0.2, -0.15) is 0 Å². The van der Waals surface area contributed by atoms with E-state index in [9.17, 15) is 24.3 Å². The number of hydrogen-bond donors (Lipinski definition) is 3. The lowest BCUT2D eigenvalue weighted by Crippen LogP contribution is -2.35. The zero-order valence-electron chi connectivity index (χ0n) is 25.0. The second kappa shape index (κ2) is 15.3. The van der Waals surface area contributed by atoms with Gasteiger partial charge in [0.25, 0.3) is 11.8 Å². The van der Waals surface area contributed by atoms with Crippen LogP contribution in [0.3, 0.4) is 0 Å². The Bertz CT molecular complexity index is 1660. The molecule has 0 radical (unpaired) electrons. The van der Waals surface area contributed by atoms with Crippen molar-refractivity contribution in [3.05, 3.63) is 120 Å². The van der Waals surface area contributed by atoms with Crippen LogP contribution < -0.4 is 15.5 Å². The number of aliphatic carboxylic acids is 1. The molecule has 4 aromatic rings. The fourth-order valence-electron chi connectivity index (χ4n) is 5.21. The summed E-state index contributed by atoms with van der Waals surface area (Å²) in [6.07, 6.45) is 5.87. The topological polar surface area (TPSA) is 154 Å². The lowest BCUT2D eigenvalue weighted by molar-refractivity contribution is -0.137. The number of nitrogens with one attached hydrogen (secondary N) is 2. The van der Waals surface area contributed by atoms with Gasteiger partial charge in [-0.1, -0.05) is 36.4 Å². The number of anilines is 2. The molecule has 2 aromatic heterocycles. The number of nitrogens with zero attached hydrogens (tertiary/aromatic N) is 4. The van der Waals surface area contributed by atoms with E-state index in [0.29, 0.717) is 55.1 Å². The number of rotatable bonds is 10. The largest absolute Gasteiger partial charge is 0.481 e. The van der Waals surface area contributed by atoms with Crippen LogP contribution in [0.4, 0.5) is 16.2 Å². The van der Waals surface area contributed by atoms with E-state index in [1.807, 2.05) is 35.2 Å². The minimum Gasteiger partial charge on any atom is -0.481 e. The number of pyridine rings is 2. The molecule has 1 saturated heterocycles. The number of carbonyl (C=O) groups excluding carboxylic acids is 3. The highest BCUT2D eigenvalue weighted by molar-refractivity contribution is 5.99. The third-order valence-corrected chi connectivity index (χ3v) is 7.51. The SMILES string of the molecule is O=C(O)CC(NC(=O)c1ccc(N2CCCN(C(=O)c3cccnc3)CC2)c(NC(=O)OCc2ccccc2)c1)c1cccnc1. The summed E-state index contributed by atoms with van der Waals surface area (Å²) in [7, 11) is 0. The predicted octanol–water partition coefficient (Wildman–Crippen LogP) is 4.52. The standard InChI is InChI=1S/C34H34N6O6/c41-31(42)20-28(26-9-4-13-35-21-26)37-32(43)25-11-12-30(29(19-25)38-34(45)46-23-24-7-2-1-3-8-24)39-15-6-16-40(18-17-39)33(44)27-10-5-14-36-22-27/h1-5,7-14,19,21-22,28H,6,15-18,20,23H2,(H,37,43)(H,38,45)(H,41,42). The molecular weight excluding hydrogens is 588 g/mol. The Morgan fingerprint density at radius 2 is 1.63 bits per heavy atom. The molecule has 1 aliphatic heterocycles. The molecule has 1 aliphatic rings. The molecule has 0 saturated carbocycles. The third-order valence-electron chi connectivity index (χ3n) is 7.51. The minimum absolute atomic E-state index is 0.0549. The van der Waals surface area contributed by atoms with E-state index in [1.54, 1.807) is 66.0 Å². The van der Waals surface area contributed by atoms with Crippen molar-refractivity contribution in [2.75, 3.05) is 36.4 Å². The fraction of sp³-hybridized carbons (Fsp3) is 0.235. The molecule has 2 aromatic carbocycles. The van der Waals surface area contributed by atoms with Gasteiger partial charge < -0.3 is 25.0 Å². The van der Waals surface area contributed by atoms with Crippen molar-refractivity contribution in [3.8, 4) is 0 Å². The van der Waals surface area contributed by atoms with E-state index < -0.39 is 24.0 Å². The van der Waals surface area contributed by atoms with Gasteiger partial charge in [0.15, 0.2) is 0 Å². The molecule has 236 valence electrons. The van der Waals surface area contributed by atoms with Crippen molar-refractivity contribution in [1.29, 1.82) is 0 Å². The summed E-state index contributed by atoms with van der Waals surface area (Å²) in [4.78, 5) is 63.0. The van der Waals surface area contributed by atoms with Gasteiger partial charge in [0.1, 0.15) is 6.61 Å². The van der Waals surface area contributed by atoms with Crippen molar-refractivity contribution in [1.82, 2.24) is 20.2 Å². The van der Waals surface area contributed by atoms with Crippen LogP contribution in [0.25, 0.3) is 0 Å². The van der Waals surface area contributed by atoms with E-state index in [0.717, 1.165) is 5.56 Å². The molecule has 1 atom stereocenters. The number of carboxylic acids is 1. The summed E-state index contributed by atoms with van der Waals surface area (Å²) in [5.41, 5.74) is 3.09. The summed E-state index contributed by atoms with van der Waals surface area (Å²) in [5, 5.41) is 15.0. The lowest BCUT2D eigenvalue weighted by Gasteiger charge is -2.26. The Hall–Kier alpha value is -5.78. The second-order valence-electron chi connectivity index (χ2n) is 10.7. The van der Waals surface area contributed by atoms with Gasteiger partial charge in [0, 0.05) is 56.5 Å². The molecule has 12 nitrogen and oxygen atoms in total. The zero-order chi connectivity index (χ0) is 32.3. The summed E-state index contributed by atoms with van der Waals surface area (Å²) in [5.74, 6) is -1.70. The lowest BCUT2D eigenvalue weighted by atomic mass is 10.0. The maximum Gasteiger partial charge on any atom is 0.412 e. The van der Waals surface area contributed by atoms with Crippen LogP contribution in [0.2, 0.25) is 0 Å². The van der Waals surface area contributed by atoms with E-state index >= 15 is 0 Å². The van der Waals surface area contributed by atoms with Crippen molar-refractivity contribution in [2.45, 2.75) is 25.5 Å². The van der Waals surface area contributed by atoms with Crippen LogP contribution in [0, 0.1) is 0 Å². The first-order valence-electron chi connectivity index (χ1n) is 14.9. The summed E-state index contributed by atoms with van der Waals surface area (Å²) in [6.45, 7) is 2.12. The fourth-order valence-corrected chi connectivity index (χ4v) is 5.21. The highest BCUT2D eigenvalue weighted by atomic mass is 16.5. The quantitative estimate of drug-likeness (QED) is 0.232. The molecule has 3 amide bonds. The molecule has 0 aliphatic carbocycles. The first-order valence-corrected chi connectivity index (χ1v) is 14.9. The van der Waals surface area contributed by atoms with Crippen LogP contribution in [0.5, 0.6) is 0 Å². The predicted molar refractivity (Wildman–Crippen MR) is 170 cm³/mol. The van der Waals surface area contributed by atoms with Gasteiger partial charge >= 0.3 is 12.1 Å². The zero-order valence-corrected chi connectivity index (χ0v) is 25.0. The van der Waals surface area contributed by atoms with E-state index in [2.05, 4.69) is 20.6 Å². The van der Waals surface area contributed by atoms with E-state index in [4.69, 9.17) is 4.74 Å². The Morgan fingerprint density at radius 1 is 0.848 bits per heavy atom. The number of aromatic nitrogens is 2. The van der Waals surface area contributed by atoms with Crippen molar-refractivity contribution in [3.63, 3.8) is 0 Å². The molecule has 0 spiro atoms. The van der Waals surface area contributed by atoms with Crippen molar-refractivity contribution >= 4 is 35.3 Å². The molecule has 3 N–H and O–H groups in total. The highest BCUT2D eigenvalue weighted by Crippen LogP contribution is 2.30. The first kappa shape index (κ1) is 31.6. The Labute approximate surface area is 266 Å². The highest BCUT2D eigenvalue weighted by Gasteiger charge is 2.24. The smallest absolute Gasteiger partial charge is 0.412 e. The maximum atomic E-state index is 13.4. The first-order chi connectivity index (χ1) is 22.4. The Balaban J connectivity index is 1.36. The number of carboxylic acid groups (broad SMARTS) is 1. The average Bonchev–Trinajstić information content (AvgIpc) is 3.34. The van der Waals surface area contributed by atoms with Crippen molar-refractivity contribution < 1.29 is 29.0 Å². The van der Waals surface area contributed by atoms with E-state index in [1.165, 1.54) is 6.20 Å². The van der Waals surface area contributed by atoms with Gasteiger partial charge in [-0.3, -0.25) is 29.7 Å². The Morgan fingerprint density at radius 3 is 2.35 bits per heavy atom. The minimum atomic E-state index is -1.08. The summed E-state index contributed by atoms with van der Waals surface area (Å²) < 4.78 is 5.46. The molecule has 1 fully saturated rings. The number of ether oxygens (including phenoxy) is 1. The third kappa shape index (κ3) is 8.44. The Kier molecular flexibility index (Phi) is 10.5. The van der Waals surface area contributed by atoms with Crippen molar-refractivity contribution in [2.24, 2.45) is 0 Å². The molecule has 0 bridgehead atoms. The number of amides is 3. The van der Waals surface area contributed by atoms with Gasteiger partial charge in [0.2, 0.25) is 0 Å². The molecule has 46 heavy (non-hydrogen) atoms. The maximum absolute atomic E-state index is 13.4. The van der Waals surface area contributed by atoms with Gasteiger partial charge in [-0.25, -0.2) is 4.79 Å². The summed E-state index contributed by atoms with van der Waals surface area (Å²) >= 11 is 0. The number of carbonyl (C=O) groups is 4. The summed E-state index contributed by atoms with van der Waals surface area (Å²) in [6, 6.07) is 20.2. The molecule has 12 heteroatoms.